The molecule has 3 aromatic rings. The fraction of sp³-hybridized carbons (Fsp3) is 0.182. The number of carbonyl (C=O) groups excluding carboxylic acids is 1. The molecule has 0 atom stereocenters. The quantitative estimate of drug-likeness (QED) is 0.621. The summed E-state index contributed by atoms with van der Waals surface area (Å²) in [6.45, 7) is 0.675. The average Bonchev–Trinajstić information content (AvgIpc) is 2.74. The second-order valence-electron chi connectivity index (χ2n) is 6.10. The van der Waals surface area contributed by atoms with Gasteiger partial charge in [-0.15, -0.1) is 0 Å². The summed E-state index contributed by atoms with van der Waals surface area (Å²) in [7, 11) is 3.25. The van der Waals surface area contributed by atoms with E-state index in [-0.39, 0.29) is 5.91 Å². The zero-order chi connectivity index (χ0) is 19.8. The number of nitrogens with zero attached hydrogens (tertiary/aromatic N) is 1. The Balaban J connectivity index is 1.60. The maximum atomic E-state index is 12.5. The van der Waals surface area contributed by atoms with Gasteiger partial charge in [-0.3, -0.25) is 4.79 Å². The SMILES string of the molecule is COc1cccc(NC(=O)c2ccnc(NCCc3ccccc3OC)c2)c1. The van der Waals surface area contributed by atoms with Crippen LogP contribution in [0.4, 0.5) is 11.5 Å². The molecule has 1 aromatic heterocycles. The van der Waals surface area contributed by atoms with Crippen molar-refractivity contribution in [3.63, 3.8) is 0 Å². The molecule has 0 fully saturated rings. The van der Waals surface area contributed by atoms with Crippen molar-refractivity contribution in [2.24, 2.45) is 0 Å². The Morgan fingerprint density at radius 3 is 2.68 bits per heavy atom. The van der Waals surface area contributed by atoms with Gasteiger partial charge in [-0.25, -0.2) is 4.98 Å². The maximum Gasteiger partial charge on any atom is 0.255 e. The molecule has 0 saturated carbocycles. The Hall–Kier alpha value is -3.54. The van der Waals surface area contributed by atoms with Crippen molar-refractivity contribution in [1.29, 1.82) is 0 Å². The molecular formula is C22H23N3O3. The minimum absolute atomic E-state index is 0.205. The number of anilines is 2. The molecule has 0 spiro atoms. The van der Waals surface area contributed by atoms with Gasteiger partial charge in [0.05, 0.1) is 14.2 Å². The van der Waals surface area contributed by atoms with Crippen molar-refractivity contribution < 1.29 is 14.3 Å². The summed E-state index contributed by atoms with van der Waals surface area (Å²) in [6.07, 6.45) is 2.40. The van der Waals surface area contributed by atoms with Crippen LogP contribution in [0.1, 0.15) is 15.9 Å². The van der Waals surface area contributed by atoms with Crippen LogP contribution in [0, 0.1) is 0 Å². The van der Waals surface area contributed by atoms with Crippen LogP contribution in [0.2, 0.25) is 0 Å². The zero-order valence-corrected chi connectivity index (χ0v) is 15.9. The van der Waals surface area contributed by atoms with Crippen LogP contribution in [-0.4, -0.2) is 31.7 Å². The summed E-state index contributed by atoms with van der Waals surface area (Å²) in [6, 6.07) is 18.6. The number of carbonyl (C=O) groups is 1. The van der Waals surface area contributed by atoms with Gasteiger partial charge < -0.3 is 20.1 Å². The minimum Gasteiger partial charge on any atom is -0.497 e. The van der Waals surface area contributed by atoms with Gasteiger partial charge in [0.1, 0.15) is 17.3 Å². The van der Waals surface area contributed by atoms with Crippen molar-refractivity contribution >= 4 is 17.4 Å². The number of amides is 1. The predicted molar refractivity (Wildman–Crippen MR) is 110 cm³/mol. The highest BCUT2D eigenvalue weighted by molar-refractivity contribution is 6.04. The zero-order valence-electron chi connectivity index (χ0n) is 15.9. The first-order chi connectivity index (χ1) is 13.7. The normalized spacial score (nSPS) is 10.2. The first-order valence-electron chi connectivity index (χ1n) is 8.97. The van der Waals surface area contributed by atoms with E-state index >= 15 is 0 Å². The smallest absolute Gasteiger partial charge is 0.255 e. The number of pyridine rings is 1. The Morgan fingerprint density at radius 2 is 1.86 bits per heavy atom. The van der Waals surface area contributed by atoms with E-state index in [2.05, 4.69) is 15.6 Å². The topological polar surface area (TPSA) is 72.5 Å². The second-order valence-corrected chi connectivity index (χ2v) is 6.10. The monoisotopic (exact) mass is 377 g/mol. The number of aromatic nitrogens is 1. The number of methoxy groups -OCH3 is 2. The molecule has 3 rings (SSSR count). The second kappa shape index (κ2) is 9.41. The molecule has 6 nitrogen and oxygen atoms in total. The largest absolute Gasteiger partial charge is 0.497 e. The number of hydrogen-bond acceptors (Lipinski definition) is 5. The molecule has 28 heavy (non-hydrogen) atoms. The molecule has 144 valence electrons. The van der Waals surface area contributed by atoms with Crippen molar-refractivity contribution in [3.8, 4) is 11.5 Å². The Morgan fingerprint density at radius 1 is 1.00 bits per heavy atom. The van der Waals surface area contributed by atoms with E-state index < -0.39 is 0 Å². The minimum atomic E-state index is -0.205. The van der Waals surface area contributed by atoms with E-state index in [1.165, 1.54) is 0 Å². The fourth-order valence-corrected chi connectivity index (χ4v) is 2.81. The number of para-hydroxylation sites is 1. The van der Waals surface area contributed by atoms with Crippen LogP contribution in [0.15, 0.2) is 66.9 Å². The Bertz CT molecular complexity index is 944. The maximum absolute atomic E-state index is 12.5. The van der Waals surface area contributed by atoms with E-state index in [1.54, 1.807) is 38.6 Å². The molecular weight excluding hydrogens is 354 g/mol. The van der Waals surface area contributed by atoms with Crippen LogP contribution in [0.25, 0.3) is 0 Å². The van der Waals surface area contributed by atoms with Gasteiger partial charge in [0.25, 0.3) is 5.91 Å². The lowest BCUT2D eigenvalue weighted by atomic mass is 10.1. The van der Waals surface area contributed by atoms with Crippen molar-refractivity contribution in [1.82, 2.24) is 4.98 Å². The summed E-state index contributed by atoms with van der Waals surface area (Å²) >= 11 is 0. The number of ether oxygens (including phenoxy) is 2. The van der Waals surface area contributed by atoms with Gasteiger partial charge in [-0.05, 0) is 42.3 Å². The van der Waals surface area contributed by atoms with Gasteiger partial charge in [-0.1, -0.05) is 24.3 Å². The third-order valence-corrected chi connectivity index (χ3v) is 4.24. The number of rotatable bonds is 8. The standard InChI is InChI=1S/C22H23N3O3/c1-27-19-8-5-7-18(15-19)25-22(26)17-11-13-24-21(14-17)23-12-10-16-6-3-4-9-20(16)28-2/h3-9,11,13-15H,10,12H2,1-2H3,(H,23,24)(H,25,26). The van der Waals surface area contributed by atoms with E-state index in [4.69, 9.17) is 9.47 Å². The highest BCUT2D eigenvalue weighted by Gasteiger charge is 2.08. The summed E-state index contributed by atoms with van der Waals surface area (Å²) in [5.41, 5.74) is 2.31. The summed E-state index contributed by atoms with van der Waals surface area (Å²) in [5, 5.41) is 6.12. The predicted octanol–water partition coefficient (Wildman–Crippen LogP) is 4.01. The number of benzene rings is 2. The third kappa shape index (κ3) is 5.01. The molecule has 0 radical (unpaired) electrons. The molecule has 0 saturated heterocycles. The lowest BCUT2D eigenvalue weighted by molar-refractivity contribution is 0.102. The third-order valence-electron chi connectivity index (χ3n) is 4.24. The molecule has 0 aliphatic heterocycles. The van der Waals surface area contributed by atoms with Gasteiger partial charge in [-0.2, -0.15) is 0 Å². The van der Waals surface area contributed by atoms with E-state index in [1.807, 2.05) is 42.5 Å². The first-order valence-corrected chi connectivity index (χ1v) is 8.97. The summed E-state index contributed by atoms with van der Waals surface area (Å²) in [5.74, 6) is 1.99. The Labute approximate surface area is 164 Å². The molecule has 6 heteroatoms. The van der Waals surface area contributed by atoms with Crippen LogP contribution >= 0.6 is 0 Å². The van der Waals surface area contributed by atoms with Gasteiger partial charge in [0, 0.05) is 30.1 Å². The van der Waals surface area contributed by atoms with Crippen LogP contribution < -0.4 is 20.1 Å². The molecule has 1 amide bonds. The lowest BCUT2D eigenvalue weighted by Crippen LogP contribution is -2.13. The van der Waals surface area contributed by atoms with E-state index in [0.717, 1.165) is 17.7 Å². The van der Waals surface area contributed by atoms with Crippen molar-refractivity contribution in [2.75, 3.05) is 31.4 Å². The first kappa shape index (κ1) is 19.2. The van der Waals surface area contributed by atoms with Crippen LogP contribution in [0.3, 0.4) is 0 Å². The molecule has 0 bridgehead atoms. The highest BCUT2D eigenvalue weighted by atomic mass is 16.5. The fourth-order valence-electron chi connectivity index (χ4n) is 2.81. The Kier molecular flexibility index (Phi) is 6.46. The highest BCUT2D eigenvalue weighted by Crippen LogP contribution is 2.19. The summed E-state index contributed by atoms with van der Waals surface area (Å²) < 4.78 is 10.5. The van der Waals surface area contributed by atoms with E-state index in [9.17, 15) is 4.79 Å². The lowest BCUT2D eigenvalue weighted by Gasteiger charge is -2.10. The molecule has 0 unspecified atom stereocenters. The average molecular weight is 377 g/mol. The van der Waals surface area contributed by atoms with E-state index in [0.29, 0.717) is 29.4 Å². The summed E-state index contributed by atoms with van der Waals surface area (Å²) in [4.78, 5) is 16.8. The number of nitrogens with one attached hydrogen (secondary N) is 2. The molecule has 0 aliphatic rings. The van der Waals surface area contributed by atoms with Crippen molar-refractivity contribution in [3.05, 3.63) is 78.0 Å². The van der Waals surface area contributed by atoms with Crippen LogP contribution in [-0.2, 0) is 6.42 Å². The molecule has 2 N–H and O–H groups in total. The van der Waals surface area contributed by atoms with Gasteiger partial charge >= 0.3 is 0 Å². The van der Waals surface area contributed by atoms with Gasteiger partial charge in [0.15, 0.2) is 0 Å². The van der Waals surface area contributed by atoms with Gasteiger partial charge in [0.2, 0.25) is 0 Å². The molecule has 1 heterocycles. The van der Waals surface area contributed by atoms with Crippen LogP contribution in [0.5, 0.6) is 11.5 Å². The molecule has 2 aromatic carbocycles. The molecule has 0 aliphatic carbocycles. The number of hydrogen-bond donors (Lipinski definition) is 2. The van der Waals surface area contributed by atoms with Crippen molar-refractivity contribution in [2.45, 2.75) is 6.42 Å².